The van der Waals surface area contributed by atoms with E-state index in [-0.39, 0.29) is 5.28 Å². The Morgan fingerprint density at radius 2 is 2.12 bits per heavy atom. The summed E-state index contributed by atoms with van der Waals surface area (Å²) in [6, 6.07) is 1.09. The van der Waals surface area contributed by atoms with Gasteiger partial charge in [0.15, 0.2) is 0 Å². The Labute approximate surface area is 210 Å². The number of hydrogen-bond acceptors (Lipinski definition) is 7. The van der Waals surface area contributed by atoms with E-state index < -0.39 is 49.0 Å². The minimum atomic E-state index is -5.08. The molecule has 1 aliphatic rings. The normalized spacial score (nSPS) is 24.8. The lowest BCUT2D eigenvalue weighted by Crippen LogP contribution is -2.29. The van der Waals surface area contributed by atoms with Gasteiger partial charge in [0, 0.05) is 27.2 Å². The third-order valence-electron chi connectivity index (χ3n) is 3.90. The maximum atomic E-state index is 10.6. The van der Waals surface area contributed by atoms with Gasteiger partial charge in [0.05, 0.1) is 18.5 Å². The monoisotopic (exact) mass is 574 g/mol. The number of nitrogens with zero attached hydrogens (tertiary/aromatic N) is 2. The molecular formula is C19H17BrClF3N4O2S2. The molecule has 13 heteroatoms. The van der Waals surface area contributed by atoms with E-state index in [1.165, 1.54) is 11.3 Å². The maximum Gasteiger partial charge on any atom is 0.490 e. The second-order valence-electron chi connectivity index (χ2n) is 6.08. The maximum absolute atomic E-state index is 10.6. The molecule has 0 fully saturated rings. The van der Waals surface area contributed by atoms with Crippen LogP contribution in [0.15, 0.2) is 34.1 Å². The highest BCUT2D eigenvalue weighted by Gasteiger charge is 2.38. The molecule has 3 aromatic rings. The fourth-order valence-corrected chi connectivity index (χ4v) is 5.40. The van der Waals surface area contributed by atoms with Crippen LogP contribution in [0.2, 0.25) is 5.28 Å². The summed E-state index contributed by atoms with van der Waals surface area (Å²) in [6.45, 7) is 0.513. The van der Waals surface area contributed by atoms with Crippen molar-refractivity contribution in [3.05, 3.63) is 49.1 Å². The lowest BCUT2D eigenvalue weighted by atomic mass is 9.88. The van der Waals surface area contributed by atoms with Crippen molar-refractivity contribution >= 4 is 72.2 Å². The molecule has 0 radical (unpaired) electrons. The molecule has 0 saturated carbocycles. The Hall–Kier alpha value is -1.73. The number of carboxylic acid groups (broad SMARTS) is 1. The predicted molar refractivity (Wildman–Crippen MR) is 125 cm³/mol. The zero-order valence-corrected chi connectivity index (χ0v) is 19.6. The average molecular weight is 576 g/mol. The van der Waals surface area contributed by atoms with Crippen LogP contribution in [0.25, 0.3) is 10.2 Å². The molecule has 1 aliphatic carbocycles. The van der Waals surface area contributed by atoms with Gasteiger partial charge in [-0.15, -0.1) is 22.7 Å². The lowest BCUT2D eigenvalue weighted by Gasteiger charge is -2.24. The number of carboxylic acids is 1. The number of thiophene rings is 2. The third kappa shape index (κ3) is 5.98. The average Bonchev–Trinajstić information content (AvgIpc) is 3.44. The number of halogens is 5. The van der Waals surface area contributed by atoms with Crippen LogP contribution in [0.4, 0.5) is 19.0 Å². The summed E-state index contributed by atoms with van der Waals surface area (Å²) < 4.78 is 82.1. The first kappa shape index (κ1) is 17.7. The largest absolute Gasteiger partial charge is 0.490 e. The molecule has 4 rings (SSSR count). The van der Waals surface area contributed by atoms with E-state index in [1.54, 1.807) is 11.3 Å². The summed E-state index contributed by atoms with van der Waals surface area (Å²) in [4.78, 5) is 18.9. The number of carbonyl (C=O) groups is 1. The first-order valence-corrected chi connectivity index (χ1v) is 11.4. The highest BCUT2D eigenvalue weighted by atomic mass is 79.9. The molecule has 2 atom stereocenters. The summed E-state index contributed by atoms with van der Waals surface area (Å²) >= 11 is 12.3. The summed E-state index contributed by atoms with van der Waals surface area (Å²) in [5.74, 6) is -3.50. The van der Waals surface area contributed by atoms with E-state index in [4.69, 9.17) is 35.5 Å². The highest BCUT2D eigenvalue weighted by molar-refractivity contribution is 9.10. The van der Waals surface area contributed by atoms with Crippen molar-refractivity contribution < 1.29 is 31.3 Å². The smallest absolute Gasteiger partial charge is 0.475 e. The Kier molecular flexibility index (Phi) is 5.79. The summed E-state index contributed by atoms with van der Waals surface area (Å²) in [5.41, 5.74) is 6.60. The molecule has 0 bridgehead atoms. The summed E-state index contributed by atoms with van der Waals surface area (Å²) in [6.07, 6.45) is -9.78. The fourth-order valence-electron chi connectivity index (χ4n) is 2.48. The van der Waals surface area contributed by atoms with Crippen LogP contribution in [-0.4, -0.2) is 33.3 Å². The minimum Gasteiger partial charge on any atom is -0.475 e. The van der Waals surface area contributed by atoms with Crippen molar-refractivity contribution in [1.29, 1.82) is 0 Å². The van der Waals surface area contributed by atoms with Gasteiger partial charge in [-0.05, 0) is 51.7 Å². The molecule has 0 spiro atoms. The van der Waals surface area contributed by atoms with Crippen molar-refractivity contribution in [1.82, 2.24) is 9.97 Å². The Morgan fingerprint density at radius 3 is 2.75 bits per heavy atom. The molecule has 3 aromatic heterocycles. The number of nitrogens with two attached hydrogens (primary N) is 1. The van der Waals surface area contributed by atoms with Crippen molar-refractivity contribution in [2.75, 3.05) is 5.32 Å². The fraction of sp³-hybridized carbons (Fsp3) is 0.316. The number of fused-ring (bicyclic) bond motifs is 1. The molecule has 0 unspecified atom stereocenters. The van der Waals surface area contributed by atoms with Gasteiger partial charge >= 0.3 is 12.1 Å². The second kappa shape index (κ2) is 10.5. The standard InChI is InChI=1S/C17H16BrClN4S2.C2HF3O2/c18-12-13-15(25-14(12)10-5-1-2-6-11(10)20)16(23-17(19)22-13)21-8-9-4-3-7-24-9;3-2(4,5)1(6)7/h1-4,7,10-11H,5-6,8,20H2,(H,21,22,23);(H,6,7)/t10-,11-;/m1./s1/i1D,2D,5D2,6D2;. The van der Waals surface area contributed by atoms with Crippen LogP contribution in [0, 0.1) is 0 Å². The SMILES string of the molecule is O=C(O)C(F)(F)F.[2H]C1=C([2H])C([2H])([2H])[C@@H](c2sc3c(NCc4cccs4)nc(Cl)nc3c2Br)[C@H](N)C1([2H])[2H]. The Morgan fingerprint density at radius 1 is 1.44 bits per heavy atom. The summed E-state index contributed by atoms with van der Waals surface area (Å²) in [7, 11) is 0. The number of aliphatic carboxylic acids is 1. The van der Waals surface area contributed by atoms with Gasteiger partial charge < -0.3 is 16.2 Å². The van der Waals surface area contributed by atoms with Crippen molar-refractivity contribution in [3.8, 4) is 0 Å². The molecule has 0 aliphatic heterocycles. The molecule has 6 nitrogen and oxygen atoms in total. The molecule has 0 aromatic carbocycles. The topological polar surface area (TPSA) is 101 Å². The molecular weight excluding hydrogens is 553 g/mol. The van der Waals surface area contributed by atoms with Crippen LogP contribution < -0.4 is 11.1 Å². The molecule has 32 heavy (non-hydrogen) atoms. The zero-order valence-electron chi connectivity index (χ0n) is 21.6. The van der Waals surface area contributed by atoms with Gasteiger partial charge in [0.2, 0.25) is 5.28 Å². The number of nitrogens with one attached hydrogen (secondary N) is 1. The highest BCUT2D eigenvalue weighted by Crippen LogP contribution is 2.45. The van der Waals surface area contributed by atoms with E-state index in [9.17, 15) is 13.2 Å². The molecule has 172 valence electrons. The summed E-state index contributed by atoms with van der Waals surface area (Å²) in [5, 5.41) is 12.3. The second-order valence-corrected chi connectivity index (χ2v) is 9.29. The first-order valence-electron chi connectivity index (χ1n) is 11.6. The van der Waals surface area contributed by atoms with E-state index in [0.717, 1.165) is 4.88 Å². The molecule has 0 amide bonds. The van der Waals surface area contributed by atoms with Gasteiger partial charge in [-0.2, -0.15) is 18.2 Å². The number of alkyl halides is 3. The van der Waals surface area contributed by atoms with Crippen LogP contribution in [0.5, 0.6) is 0 Å². The van der Waals surface area contributed by atoms with E-state index >= 15 is 0 Å². The predicted octanol–water partition coefficient (Wildman–Crippen LogP) is 6.18. The Balaban J connectivity index is 0.000000505. The van der Waals surface area contributed by atoms with Gasteiger partial charge in [0.25, 0.3) is 0 Å². The van der Waals surface area contributed by atoms with Crippen molar-refractivity contribution in [2.45, 2.75) is 37.4 Å². The van der Waals surface area contributed by atoms with E-state index in [1.807, 2.05) is 17.5 Å². The number of rotatable bonds is 4. The van der Waals surface area contributed by atoms with E-state index in [0.29, 0.717) is 31.9 Å². The minimum absolute atomic E-state index is 0.00651. The number of aromatic nitrogens is 2. The third-order valence-corrected chi connectivity index (χ3v) is 7.28. The van der Waals surface area contributed by atoms with Gasteiger partial charge in [-0.25, -0.2) is 9.78 Å². The number of anilines is 1. The first-order chi connectivity index (χ1) is 17.4. The van der Waals surface area contributed by atoms with Crippen LogP contribution in [-0.2, 0) is 11.3 Å². The van der Waals surface area contributed by atoms with Crippen molar-refractivity contribution in [2.24, 2.45) is 5.73 Å². The quantitative estimate of drug-likeness (QED) is 0.254. The van der Waals surface area contributed by atoms with Gasteiger partial charge in [0.1, 0.15) is 11.3 Å². The van der Waals surface area contributed by atoms with Gasteiger partial charge in [-0.1, -0.05) is 18.2 Å². The van der Waals surface area contributed by atoms with Gasteiger partial charge in [-0.3, -0.25) is 0 Å². The van der Waals surface area contributed by atoms with Crippen LogP contribution in [0.1, 0.15) is 36.6 Å². The zero-order chi connectivity index (χ0) is 28.8. The molecule has 4 N–H and O–H groups in total. The lowest BCUT2D eigenvalue weighted by molar-refractivity contribution is -0.192. The van der Waals surface area contributed by atoms with Crippen molar-refractivity contribution in [3.63, 3.8) is 0 Å². The van der Waals surface area contributed by atoms with Crippen LogP contribution in [0.3, 0.4) is 0 Å². The molecule has 3 heterocycles. The van der Waals surface area contributed by atoms with E-state index in [2.05, 4.69) is 31.2 Å². The number of hydrogen-bond donors (Lipinski definition) is 3. The Bertz CT molecular complexity index is 1390. The van der Waals surface area contributed by atoms with Crippen LogP contribution >= 0.6 is 50.2 Å². The molecule has 0 saturated heterocycles. The number of allylic oxidation sites excluding steroid dienone is 1.